The first-order valence-electron chi connectivity index (χ1n) is 10.2. The molecule has 0 spiro atoms. The molecule has 0 bridgehead atoms. The van der Waals surface area contributed by atoms with Gasteiger partial charge in [-0.05, 0) is 50.8 Å². The molecule has 8 heteroatoms. The van der Waals surface area contributed by atoms with E-state index in [0.29, 0.717) is 18.0 Å². The first-order chi connectivity index (χ1) is 14.4. The molecule has 0 saturated carbocycles. The first kappa shape index (κ1) is 22.6. The van der Waals surface area contributed by atoms with Gasteiger partial charge in [-0.25, -0.2) is 8.42 Å². The maximum absolute atomic E-state index is 13.5. The lowest BCUT2D eigenvalue weighted by molar-refractivity contribution is 0.121. The number of sulfonamides is 1. The highest BCUT2D eigenvalue weighted by Crippen LogP contribution is 2.32. The van der Waals surface area contributed by atoms with Crippen LogP contribution in [0.15, 0.2) is 59.5 Å². The Morgan fingerprint density at radius 3 is 2.47 bits per heavy atom. The number of aliphatic hydroxyl groups is 1. The van der Waals surface area contributed by atoms with E-state index in [1.807, 2.05) is 0 Å². The monoisotopic (exact) mass is 433 g/mol. The predicted octanol–water partition coefficient (Wildman–Crippen LogP) is 1.89. The highest BCUT2D eigenvalue weighted by atomic mass is 32.2. The minimum Gasteiger partial charge on any atom is -0.495 e. The second kappa shape index (κ2) is 10.3. The Labute approximate surface area is 179 Å². The van der Waals surface area contributed by atoms with Crippen molar-refractivity contribution in [3.8, 4) is 5.75 Å². The quantitative estimate of drug-likeness (QED) is 0.685. The van der Waals surface area contributed by atoms with Gasteiger partial charge in [0.25, 0.3) is 10.0 Å². The lowest BCUT2D eigenvalue weighted by atomic mass is 10.2. The van der Waals surface area contributed by atoms with Gasteiger partial charge in [-0.1, -0.05) is 30.3 Å². The standard InChI is InChI=1S/C22H31N3O4S/c1-23-13-8-14-24(16-15-23)17-19(26)18-25(21-11-6-7-12-22(21)29-2)30(27,28)20-9-4-3-5-10-20/h3-7,9-12,19,26H,8,13-18H2,1-2H3/t19-/m1/s1. The van der Waals surface area contributed by atoms with Gasteiger partial charge in [0.1, 0.15) is 5.75 Å². The molecule has 1 aliphatic rings. The van der Waals surface area contributed by atoms with E-state index in [9.17, 15) is 13.5 Å². The molecule has 1 aliphatic heterocycles. The smallest absolute Gasteiger partial charge is 0.264 e. The van der Waals surface area contributed by atoms with Gasteiger partial charge in [0.05, 0.1) is 30.3 Å². The molecule has 30 heavy (non-hydrogen) atoms. The van der Waals surface area contributed by atoms with Crippen LogP contribution in [0, 0.1) is 0 Å². The second-order valence-electron chi connectivity index (χ2n) is 7.63. The summed E-state index contributed by atoms with van der Waals surface area (Å²) < 4.78 is 33.6. The van der Waals surface area contributed by atoms with E-state index in [-0.39, 0.29) is 11.4 Å². The molecule has 0 aromatic heterocycles. The minimum atomic E-state index is -3.87. The van der Waals surface area contributed by atoms with Gasteiger partial charge in [-0.2, -0.15) is 0 Å². The summed E-state index contributed by atoms with van der Waals surface area (Å²) in [7, 11) is -0.269. The van der Waals surface area contributed by atoms with Gasteiger partial charge in [0.2, 0.25) is 0 Å². The number of nitrogens with zero attached hydrogens (tertiary/aromatic N) is 3. The summed E-state index contributed by atoms with van der Waals surface area (Å²) >= 11 is 0. The number of likely N-dealkylation sites (N-methyl/N-ethyl adjacent to an activating group) is 1. The summed E-state index contributed by atoms with van der Waals surface area (Å²) in [6, 6.07) is 15.3. The van der Waals surface area contributed by atoms with Crippen LogP contribution in [0.5, 0.6) is 5.75 Å². The van der Waals surface area contributed by atoms with Gasteiger partial charge in [0, 0.05) is 19.6 Å². The number of aliphatic hydroxyl groups excluding tert-OH is 1. The third-order valence-corrected chi connectivity index (χ3v) is 7.14. The molecule has 1 heterocycles. The van der Waals surface area contributed by atoms with E-state index in [1.54, 1.807) is 54.6 Å². The van der Waals surface area contributed by atoms with Crippen molar-refractivity contribution in [2.75, 3.05) is 57.7 Å². The van der Waals surface area contributed by atoms with Crippen molar-refractivity contribution >= 4 is 15.7 Å². The SMILES string of the molecule is COc1ccccc1N(C[C@H](O)CN1CCCN(C)CC1)S(=O)(=O)c1ccccc1. The van der Waals surface area contributed by atoms with Crippen molar-refractivity contribution < 1.29 is 18.3 Å². The number of hydrogen-bond acceptors (Lipinski definition) is 6. The Bertz CT molecular complexity index is 908. The van der Waals surface area contributed by atoms with Gasteiger partial charge in [0.15, 0.2) is 0 Å². The van der Waals surface area contributed by atoms with Crippen LogP contribution in [-0.2, 0) is 10.0 Å². The van der Waals surface area contributed by atoms with Gasteiger partial charge >= 0.3 is 0 Å². The highest BCUT2D eigenvalue weighted by molar-refractivity contribution is 7.92. The van der Waals surface area contributed by atoms with E-state index in [2.05, 4.69) is 16.8 Å². The van der Waals surface area contributed by atoms with Gasteiger partial charge < -0.3 is 14.7 Å². The number of methoxy groups -OCH3 is 1. The Morgan fingerprint density at radius 2 is 1.73 bits per heavy atom. The van der Waals surface area contributed by atoms with Crippen LogP contribution in [0.25, 0.3) is 0 Å². The molecule has 2 aromatic carbocycles. The number of β-amino-alcohol motifs (C(OH)–C–C–N with tert-alkyl or cyclic N) is 1. The van der Waals surface area contributed by atoms with E-state index in [0.717, 1.165) is 32.6 Å². The largest absolute Gasteiger partial charge is 0.495 e. The minimum absolute atomic E-state index is 0.0516. The zero-order valence-corrected chi connectivity index (χ0v) is 18.5. The Kier molecular flexibility index (Phi) is 7.71. The number of benzene rings is 2. The Morgan fingerprint density at radius 1 is 1.03 bits per heavy atom. The second-order valence-corrected chi connectivity index (χ2v) is 9.49. The molecule has 0 unspecified atom stereocenters. The van der Waals surface area contributed by atoms with Crippen molar-refractivity contribution in [3.63, 3.8) is 0 Å². The summed E-state index contributed by atoms with van der Waals surface area (Å²) in [5.41, 5.74) is 0.415. The van der Waals surface area contributed by atoms with Crippen molar-refractivity contribution in [1.29, 1.82) is 0 Å². The number of ether oxygens (including phenoxy) is 1. The third-order valence-electron chi connectivity index (χ3n) is 5.34. The lowest BCUT2D eigenvalue weighted by Crippen LogP contribution is -2.43. The van der Waals surface area contributed by atoms with Crippen LogP contribution in [0.2, 0.25) is 0 Å². The van der Waals surface area contributed by atoms with E-state index < -0.39 is 16.1 Å². The fraction of sp³-hybridized carbons (Fsp3) is 0.455. The van der Waals surface area contributed by atoms with Crippen LogP contribution in [0.4, 0.5) is 5.69 Å². The molecular formula is C22H31N3O4S. The van der Waals surface area contributed by atoms with Gasteiger partial charge in [-0.15, -0.1) is 0 Å². The van der Waals surface area contributed by atoms with Crippen LogP contribution >= 0.6 is 0 Å². The Hall–Kier alpha value is -2.13. The fourth-order valence-corrected chi connectivity index (χ4v) is 5.24. The van der Waals surface area contributed by atoms with Crippen molar-refractivity contribution in [3.05, 3.63) is 54.6 Å². The maximum Gasteiger partial charge on any atom is 0.264 e. The summed E-state index contributed by atoms with van der Waals surface area (Å²) in [6.07, 6.45) is 0.193. The molecule has 1 fully saturated rings. The zero-order chi connectivity index (χ0) is 21.6. The zero-order valence-electron chi connectivity index (χ0n) is 17.6. The van der Waals surface area contributed by atoms with Crippen molar-refractivity contribution in [2.45, 2.75) is 17.4 Å². The maximum atomic E-state index is 13.5. The first-order valence-corrected chi connectivity index (χ1v) is 11.7. The predicted molar refractivity (Wildman–Crippen MR) is 119 cm³/mol. The molecule has 7 nitrogen and oxygen atoms in total. The van der Waals surface area contributed by atoms with E-state index in [1.165, 1.54) is 11.4 Å². The molecule has 1 N–H and O–H groups in total. The third kappa shape index (κ3) is 5.51. The molecule has 0 aliphatic carbocycles. The number of hydrogen-bond donors (Lipinski definition) is 1. The highest BCUT2D eigenvalue weighted by Gasteiger charge is 2.30. The topological polar surface area (TPSA) is 73.3 Å². The normalized spacial score (nSPS) is 17.3. The Balaban J connectivity index is 1.86. The molecule has 1 saturated heterocycles. The molecule has 3 rings (SSSR count). The van der Waals surface area contributed by atoms with Crippen molar-refractivity contribution in [2.24, 2.45) is 0 Å². The average Bonchev–Trinajstić information content (AvgIpc) is 2.96. The molecule has 1 atom stereocenters. The lowest BCUT2D eigenvalue weighted by Gasteiger charge is -2.30. The molecule has 0 radical (unpaired) electrons. The molecular weight excluding hydrogens is 402 g/mol. The molecule has 0 amide bonds. The summed E-state index contributed by atoms with van der Waals surface area (Å²) in [5, 5.41) is 10.9. The summed E-state index contributed by atoms with van der Waals surface area (Å²) in [5.74, 6) is 0.445. The van der Waals surface area contributed by atoms with Crippen LogP contribution in [-0.4, -0.2) is 82.9 Å². The molecule has 164 valence electrons. The number of rotatable bonds is 8. The average molecular weight is 434 g/mol. The van der Waals surface area contributed by atoms with Crippen LogP contribution in [0.3, 0.4) is 0 Å². The van der Waals surface area contributed by atoms with Crippen LogP contribution in [0.1, 0.15) is 6.42 Å². The van der Waals surface area contributed by atoms with Crippen molar-refractivity contribution in [1.82, 2.24) is 9.80 Å². The number of anilines is 1. The fourth-order valence-electron chi connectivity index (χ4n) is 3.71. The number of para-hydroxylation sites is 2. The van der Waals surface area contributed by atoms with Gasteiger partial charge in [-0.3, -0.25) is 9.21 Å². The summed E-state index contributed by atoms with van der Waals surface area (Å²) in [6.45, 7) is 4.08. The van der Waals surface area contributed by atoms with E-state index in [4.69, 9.17) is 4.74 Å². The molecule has 2 aromatic rings. The van der Waals surface area contributed by atoms with Crippen LogP contribution < -0.4 is 9.04 Å². The van der Waals surface area contributed by atoms with E-state index >= 15 is 0 Å². The summed E-state index contributed by atoms with van der Waals surface area (Å²) in [4.78, 5) is 4.65.